The number of hydrogen-bond acceptors (Lipinski definition) is 23. The summed E-state index contributed by atoms with van der Waals surface area (Å²) in [6, 6.07) is -0.584. The smallest absolute Gasteiger partial charge is 0.246 e. The summed E-state index contributed by atoms with van der Waals surface area (Å²) >= 11 is 4.17. The van der Waals surface area contributed by atoms with Gasteiger partial charge in [-0.25, -0.2) is 0 Å². The number of rotatable bonds is 67. The number of ether oxygens (including phenoxy) is 1. The first-order valence-corrected chi connectivity index (χ1v) is 40.5. The number of hydrogen-bond donors (Lipinski definition) is 32. The molecule has 672 valence electrons. The summed E-state index contributed by atoms with van der Waals surface area (Å²) in [5.74, 6) is -18.2. The molecule has 0 aromatic heterocycles. The van der Waals surface area contributed by atoms with Crippen LogP contribution in [-0.2, 0) is 68.7 Å². The fourth-order valence-electron chi connectivity index (χ4n) is 12.4. The predicted molar refractivity (Wildman–Crippen MR) is 456 cm³/mol. The normalized spacial score (nSPS) is 13.3. The Bertz CT molecular complexity index is 3610. The Labute approximate surface area is 704 Å². The van der Waals surface area contributed by atoms with Gasteiger partial charge in [-0.05, 0) is 122 Å². The van der Waals surface area contributed by atoms with Crippen LogP contribution in [0.15, 0.2) is 24.3 Å². The van der Waals surface area contributed by atoms with Crippen molar-refractivity contribution in [2.75, 3.05) is 77.9 Å². The number of guanidine groups is 8. The third-order valence-electron chi connectivity index (χ3n) is 18.9. The molecule has 0 unspecified atom stereocenters. The first-order chi connectivity index (χ1) is 56.8. The van der Waals surface area contributed by atoms with Crippen molar-refractivity contribution in [3.05, 3.63) is 35.4 Å². The zero-order valence-corrected chi connectivity index (χ0v) is 69.6. The molecule has 0 aliphatic carbocycles. The first-order valence-electron chi connectivity index (χ1n) is 39.9. The Hall–Kier alpha value is -12.0. The lowest BCUT2D eigenvalue weighted by Gasteiger charge is -2.27. The molecule has 10 atom stereocenters. The number of ketones is 6. The summed E-state index contributed by atoms with van der Waals surface area (Å²) in [5.41, 5.74) is 51.1. The van der Waals surface area contributed by atoms with Gasteiger partial charge < -0.3 is 131 Å². The molecule has 0 saturated carbocycles. The van der Waals surface area contributed by atoms with Crippen molar-refractivity contribution in [3.8, 4) is 0 Å². The van der Waals surface area contributed by atoms with Gasteiger partial charge in [0.15, 0.2) is 82.4 Å². The number of Topliss-reactive ketones (excluding diaryl/α,β-unsaturated/α-hetero) is 6. The Morgan fingerprint density at radius 2 is 0.600 bits per heavy atom. The highest BCUT2D eigenvalue weighted by Gasteiger charge is 2.37. The number of carbonyl (C=O) groups is 13. The molecule has 1 aromatic rings. The standard InChI is InChI=1S/C74H131N31O14S/c1-3-60(112)92-32-33-119-40-61(113)101-54(34-43-20-22-44(23-21-43)42(2)106)59(111)38-48(15-7-27-96-70(82)83)66(118)104-52(18-10-30-99-73(88)89)57(109)36-46(13-5-25-94-68(78)79)64(116)102-50(16-8-28-97-71(84)85)55(107)35-45(12-4-24-93-67(76)77)63(115)103-51(17-9-29-98-72(86)87)56(108)37-47(14-6-26-95-69(80)81)65(117)105-53(19-11-31-100-74(90)91)58(110)39-49(41-120)62(75)114/h20-23,45-54,120H,3-19,24-41H2,1-2H3,(H2,75,114)(H,92,112)(H,101,113)(H,102,116)(H,103,115)(H,104,118)(H,105,117)(H4,76,77,93)(H4,78,79,94)(H4,80,81,95)(H4,82,83,96)(H4,84,85,97)(H4,86,87,98)(H4,88,89,99)(H4,90,91,100)/t45-,46-,47-,48-,49+,50+,51+,52+,53+,54-/m0/s1. The highest BCUT2D eigenvalue weighted by Crippen LogP contribution is 2.24. The number of thiol groups is 1. The van der Waals surface area contributed by atoms with Gasteiger partial charge in [0.05, 0.1) is 42.7 Å². The van der Waals surface area contributed by atoms with E-state index in [4.69, 9.17) is 99.6 Å². The molecule has 0 aliphatic rings. The third-order valence-corrected chi connectivity index (χ3v) is 19.4. The van der Waals surface area contributed by atoms with E-state index in [1.54, 1.807) is 31.2 Å². The van der Waals surface area contributed by atoms with Crippen LogP contribution in [0.3, 0.4) is 0 Å². The molecule has 0 bridgehead atoms. The average Bonchev–Trinajstić information content (AvgIpc) is 0.854. The SMILES string of the molecule is CCC(=O)NCCOCC(=O)N[C@@H](Cc1ccc(C(C)=O)cc1)C(=O)C[C@H](CCCNC(=N)N)C(=O)N[C@H](CCCNC(=N)N)C(=O)C[C@H](CCCNC(=N)N)C(=O)N[C@H](CCCNC(=N)N)C(=O)C[C@H](CCCNC(=N)N)C(=O)N[C@H](CCCNC(=N)N)C(=O)C[C@H](CCCNC(=N)N)C(=O)N[C@H](CCCNC(=N)N)C(=O)C[C@H](CS)C(N)=O. The van der Waals surface area contributed by atoms with Gasteiger partial charge in [-0.2, -0.15) is 12.6 Å². The lowest BCUT2D eigenvalue weighted by molar-refractivity contribution is -0.136. The van der Waals surface area contributed by atoms with Crippen LogP contribution in [0.25, 0.3) is 0 Å². The fourth-order valence-corrected chi connectivity index (χ4v) is 12.8. The van der Waals surface area contributed by atoms with Crippen molar-refractivity contribution in [1.82, 2.24) is 74.4 Å². The molecular weight excluding hydrogens is 1580 g/mol. The maximum atomic E-state index is 15.2. The van der Waals surface area contributed by atoms with Crippen molar-refractivity contribution in [3.63, 3.8) is 0 Å². The van der Waals surface area contributed by atoms with E-state index in [0.717, 1.165) is 0 Å². The van der Waals surface area contributed by atoms with Gasteiger partial charge in [0.1, 0.15) is 6.61 Å². The molecule has 120 heavy (non-hydrogen) atoms. The molecular formula is C74H131N31O14S. The van der Waals surface area contributed by atoms with Crippen LogP contribution in [0.1, 0.15) is 171 Å². The lowest BCUT2D eigenvalue weighted by Crippen LogP contribution is -2.49. The van der Waals surface area contributed by atoms with Gasteiger partial charge in [0.25, 0.3) is 0 Å². The van der Waals surface area contributed by atoms with E-state index in [-0.39, 0.29) is 216 Å². The van der Waals surface area contributed by atoms with Crippen LogP contribution >= 0.6 is 12.6 Å². The van der Waals surface area contributed by atoms with E-state index in [1.807, 2.05) is 0 Å². The minimum atomic E-state index is -1.47. The third kappa shape index (κ3) is 49.3. The van der Waals surface area contributed by atoms with Crippen LogP contribution < -0.4 is 126 Å². The number of carbonyl (C=O) groups excluding carboxylic acids is 13. The summed E-state index contributed by atoms with van der Waals surface area (Å²) in [6.07, 6.45) is -2.74. The summed E-state index contributed by atoms with van der Waals surface area (Å²) in [5, 5.41) is 99.5. The van der Waals surface area contributed by atoms with Crippen molar-refractivity contribution in [2.24, 2.45) is 81.2 Å². The number of amides is 7. The second-order valence-corrected chi connectivity index (χ2v) is 29.2. The van der Waals surface area contributed by atoms with Crippen molar-refractivity contribution in [1.29, 1.82) is 43.3 Å². The molecule has 46 heteroatoms. The quantitative estimate of drug-likeness (QED) is 0.00953. The number of primary amides is 1. The van der Waals surface area contributed by atoms with Gasteiger partial charge in [-0.3, -0.25) is 106 Å². The van der Waals surface area contributed by atoms with E-state index in [2.05, 4.69) is 87.1 Å². The minimum absolute atomic E-state index is 0.00737. The predicted octanol–water partition coefficient (Wildman–Crippen LogP) is -5.20. The molecule has 45 nitrogen and oxygen atoms in total. The molecule has 0 radical (unpaired) electrons. The summed E-state index contributed by atoms with van der Waals surface area (Å²) in [6.45, 7) is 2.82. The van der Waals surface area contributed by atoms with E-state index in [1.165, 1.54) is 6.92 Å². The Kier molecular flexibility index (Phi) is 53.4. The summed E-state index contributed by atoms with van der Waals surface area (Å²) < 4.78 is 5.48. The van der Waals surface area contributed by atoms with Crippen molar-refractivity contribution >= 4 is 136 Å². The van der Waals surface area contributed by atoms with E-state index in [9.17, 15) is 43.2 Å². The van der Waals surface area contributed by atoms with Crippen molar-refractivity contribution < 1.29 is 67.1 Å². The Balaban J connectivity index is 4.14. The molecule has 40 N–H and O–H groups in total. The minimum Gasteiger partial charge on any atom is -0.370 e. The van der Waals surface area contributed by atoms with E-state index in [0.29, 0.717) is 11.1 Å². The molecule has 0 fully saturated rings. The lowest BCUT2D eigenvalue weighted by atomic mass is 9.88. The number of nitrogens with two attached hydrogens (primary N) is 9. The number of benzene rings is 1. The van der Waals surface area contributed by atoms with E-state index >= 15 is 19.2 Å². The molecule has 7 amide bonds. The maximum absolute atomic E-state index is 15.2. The molecule has 0 aliphatic heterocycles. The Morgan fingerprint density at radius 1 is 0.342 bits per heavy atom. The van der Waals surface area contributed by atoms with Crippen LogP contribution in [-0.4, -0.2) is 232 Å². The molecule has 0 saturated heterocycles. The second kappa shape index (κ2) is 60.5. The first kappa shape index (κ1) is 106. The monoisotopic (exact) mass is 1710 g/mol. The van der Waals surface area contributed by atoms with Crippen LogP contribution in [0.4, 0.5) is 0 Å². The zero-order valence-electron chi connectivity index (χ0n) is 68.7. The zero-order chi connectivity index (χ0) is 90.2. The van der Waals surface area contributed by atoms with Gasteiger partial charge in [0, 0.05) is 132 Å². The van der Waals surface area contributed by atoms with Gasteiger partial charge in [-0.15, -0.1) is 0 Å². The fraction of sp³-hybridized carbons (Fsp3) is 0.635. The van der Waals surface area contributed by atoms with Crippen LogP contribution in [0.2, 0.25) is 0 Å². The molecule has 1 aromatic carbocycles. The van der Waals surface area contributed by atoms with Gasteiger partial charge in [0.2, 0.25) is 41.4 Å². The summed E-state index contributed by atoms with van der Waals surface area (Å²) in [7, 11) is 0. The van der Waals surface area contributed by atoms with Crippen LogP contribution in [0, 0.1) is 72.9 Å². The second-order valence-electron chi connectivity index (χ2n) is 28.9. The summed E-state index contributed by atoms with van der Waals surface area (Å²) in [4.78, 5) is 183. The molecule has 0 spiro atoms. The molecule has 1 rings (SSSR count). The molecule has 0 heterocycles. The van der Waals surface area contributed by atoms with Gasteiger partial charge >= 0.3 is 0 Å². The van der Waals surface area contributed by atoms with Crippen molar-refractivity contribution in [2.45, 2.75) is 192 Å². The topological polar surface area (TPSA) is 825 Å². The highest BCUT2D eigenvalue weighted by molar-refractivity contribution is 7.80. The van der Waals surface area contributed by atoms with Crippen LogP contribution in [0.5, 0.6) is 0 Å². The Morgan fingerprint density at radius 3 is 0.842 bits per heavy atom. The largest absolute Gasteiger partial charge is 0.370 e. The van der Waals surface area contributed by atoms with Gasteiger partial charge in [-0.1, -0.05) is 31.2 Å². The average molecular weight is 1710 g/mol. The highest BCUT2D eigenvalue weighted by atomic mass is 32.1. The number of nitrogens with one attached hydrogen (secondary N) is 22. The maximum Gasteiger partial charge on any atom is 0.246 e. The van der Waals surface area contributed by atoms with E-state index < -0.39 is 193 Å².